The molecule has 0 aromatic heterocycles. The first kappa shape index (κ1) is 13.0. The van der Waals surface area contributed by atoms with Gasteiger partial charge in [0.2, 0.25) is 0 Å². The maximum absolute atomic E-state index is 9.18. The van der Waals surface area contributed by atoms with Crippen molar-refractivity contribution in [2.45, 2.75) is 65.6 Å². The Kier molecular flexibility index (Phi) is 4.60. The molecule has 90 valence electrons. The van der Waals surface area contributed by atoms with Gasteiger partial charge >= 0.3 is 0 Å². The highest BCUT2D eigenvalue weighted by atomic mass is 16.5. The van der Waals surface area contributed by atoms with E-state index in [9.17, 15) is 5.11 Å². The number of ether oxygens (including phenoxy) is 1. The third-order valence-corrected chi connectivity index (χ3v) is 3.42. The summed E-state index contributed by atoms with van der Waals surface area (Å²) < 4.78 is 5.72. The van der Waals surface area contributed by atoms with Crippen LogP contribution >= 0.6 is 0 Å². The zero-order chi connectivity index (χ0) is 11.5. The van der Waals surface area contributed by atoms with Crippen molar-refractivity contribution in [2.24, 2.45) is 11.3 Å². The Bertz CT molecular complexity index is 181. The van der Waals surface area contributed by atoms with Crippen molar-refractivity contribution in [3.8, 4) is 0 Å². The second-order valence-corrected chi connectivity index (χ2v) is 6.03. The second-order valence-electron chi connectivity index (χ2n) is 6.03. The van der Waals surface area contributed by atoms with Crippen LogP contribution in [0.15, 0.2) is 0 Å². The van der Waals surface area contributed by atoms with E-state index in [2.05, 4.69) is 20.8 Å². The van der Waals surface area contributed by atoms with Crippen LogP contribution in [0.5, 0.6) is 0 Å². The van der Waals surface area contributed by atoms with Gasteiger partial charge in [-0.2, -0.15) is 0 Å². The molecule has 0 spiro atoms. The first-order valence-electron chi connectivity index (χ1n) is 6.19. The van der Waals surface area contributed by atoms with E-state index in [1.54, 1.807) is 6.92 Å². The Labute approximate surface area is 94.0 Å². The molecule has 2 nitrogen and oxygen atoms in total. The maximum atomic E-state index is 9.18. The summed E-state index contributed by atoms with van der Waals surface area (Å²) in [6, 6.07) is 0. The average molecular weight is 214 g/mol. The predicted molar refractivity (Wildman–Crippen MR) is 62.8 cm³/mol. The van der Waals surface area contributed by atoms with E-state index < -0.39 is 0 Å². The van der Waals surface area contributed by atoms with Crippen molar-refractivity contribution >= 4 is 0 Å². The topological polar surface area (TPSA) is 29.5 Å². The summed E-state index contributed by atoms with van der Waals surface area (Å²) in [7, 11) is 0. The number of hydrogen-bond donors (Lipinski definition) is 1. The van der Waals surface area contributed by atoms with Crippen LogP contribution in [-0.2, 0) is 4.74 Å². The van der Waals surface area contributed by atoms with Gasteiger partial charge in [-0.3, -0.25) is 0 Å². The Morgan fingerprint density at radius 2 is 2.00 bits per heavy atom. The van der Waals surface area contributed by atoms with Crippen molar-refractivity contribution < 1.29 is 9.84 Å². The zero-order valence-electron chi connectivity index (χ0n) is 10.6. The number of aliphatic hydroxyl groups excluding tert-OH is 1. The molecule has 0 radical (unpaired) electrons. The molecule has 0 bridgehead atoms. The zero-order valence-corrected chi connectivity index (χ0v) is 10.6. The summed E-state index contributed by atoms with van der Waals surface area (Å²) in [5, 5.41) is 9.18. The summed E-state index contributed by atoms with van der Waals surface area (Å²) in [4.78, 5) is 0. The van der Waals surface area contributed by atoms with Crippen LogP contribution in [0, 0.1) is 11.3 Å². The number of hydrogen-bond acceptors (Lipinski definition) is 2. The molecule has 0 aliphatic heterocycles. The minimum Gasteiger partial charge on any atom is -0.391 e. The van der Waals surface area contributed by atoms with Gasteiger partial charge in [0.1, 0.15) is 0 Å². The van der Waals surface area contributed by atoms with Gasteiger partial charge in [0.05, 0.1) is 18.8 Å². The molecule has 1 N–H and O–H groups in total. The van der Waals surface area contributed by atoms with Gasteiger partial charge in [-0.05, 0) is 37.5 Å². The standard InChI is InChI=1S/C13H26O2/c1-10(14)9-15-12-7-5-6-11(8-12)13(2,3)4/h10-12,14H,5-9H2,1-4H3/t10?,11-,12-/m1/s1. The summed E-state index contributed by atoms with van der Waals surface area (Å²) in [6.07, 6.45) is 4.97. The minimum absolute atomic E-state index is 0.333. The molecule has 0 saturated heterocycles. The Hall–Kier alpha value is -0.0800. The Morgan fingerprint density at radius 3 is 2.53 bits per heavy atom. The Morgan fingerprint density at radius 1 is 1.33 bits per heavy atom. The molecule has 0 aromatic rings. The number of aliphatic hydroxyl groups is 1. The van der Waals surface area contributed by atoms with E-state index in [0.717, 1.165) is 12.3 Å². The highest BCUT2D eigenvalue weighted by Gasteiger charge is 2.30. The van der Waals surface area contributed by atoms with Gasteiger partial charge in [-0.1, -0.05) is 27.2 Å². The second kappa shape index (κ2) is 5.31. The van der Waals surface area contributed by atoms with E-state index >= 15 is 0 Å². The SMILES string of the molecule is CC(O)CO[C@@H]1CCC[C@@H](C(C)(C)C)C1. The first-order chi connectivity index (χ1) is 6.89. The molecule has 0 amide bonds. The first-order valence-corrected chi connectivity index (χ1v) is 6.19. The molecule has 1 rings (SSSR count). The average Bonchev–Trinajstić information content (AvgIpc) is 2.14. The van der Waals surface area contributed by atoms with E-state index in [1.165, 1.54) is 19.3 Å². The van der Waals surface area contributed by atoms with Crippen molar-refractivity contribution in [3.63, 3.8) is 0 Å². The third-order valence-electron chi connectivity index (χ3n) is 3.42. The van der Waals surface area contributed by atoms with Gasteiger partial charge in [0.15, 0.2) is 0 Å². The largest absolute Gasteiger partial charge is 0.391 e. The molecular formula is C13H26O2. The maximum Gasteiger partial charge on any atom is 0.0745 e. The lowest BCUT2D eigenvalue weighted by Gasteiger charge is -2.37. The molecular weight excluding hydrogens is 188 g/mol. The van der Waals surface area contributed by atoms with Crippen molar-refractivity contribution in [3.05, 3.63) is 0 Å². The lowest BCUT2D eigenvalue weighted by Crippen LogP contribution is -2.32. The van der Waals surface area contributed by atoms with E-state index in [4.69, 9.17) is 4.74 Å². The van der Waals surface area contributed by atoms with E-state index in [-0.39, 0.29) is 6.10 Å². The third kappa shape index (κ3) is 4.52. The molecule has 1 aliphatic carbocycles. The van der Waals surface area contributed by atoms with Crippen molar-refractivity contribution in [1.29, 1.82) is 0 Å². The molecule has 0 aromatic carbocycles. The molecule has 1 saturated carbocycles. The fourth-order valence-corrected chi connectivity index (χ4v) is 2.36. The smallest absolute Gasteiger partial charge is 0.0745 e. The van der Waals surface area contributed by atoms with E-state index in [0.29, 0.717) is 18.1 Å². The van der Waals surface area contributed by atoms with Crippen LogP contribution in [0.4, 0.5) is 0 Å². The molecule has 2 heteroatoms. The van der Waals surface area contributed by atoms with Crippen molar-refractivity contribution in [2.75, 3.05) is 6.61 Å². The van der Waals surface area contributed by atoms with Crippen LogP contribution in [0.25, 0.3) is 0 Å². The lowest BCUT2D eigenvalue weighted by atomic mass is 9.71. The van der Waals surface area contributed by atoms with Crippen LogP contribution < -0.4 is 0 Å². The fraction of sp³-hybridized carbons (Fsp3) is 1.00. The number of rotatable bonds is 3. The highest BCUT2D eigenvalue weighted by Crippen LogP contribution is 2.38. The van der Waals surface area contributed by atoms with Crippen LogP contribution in [0.2, 0.25) is 0 Å². The predicted octanol–water partition coefficient (Wildman–Crippen LogP) is 2.99. The van der Waals surface area contributed by atoms with Crippen LogP contribution in [0.1, 0.15) is 53.4 Å². The summed E-state index contributed by atoms with van der Waals surface area (Å²) in [5.41, 5.74) is 0.396. The Balaban J connectivity index is 2.36. The lowest BCUT2D eigenvalue weighted by molar-refractivity contribution is -0.0393. The highest BCUT2D eigenvalue weighted by molar-refractivity contribution is 4.81. The minimum atomic E-state index is -0.333. The van der Waals surface area contributed by atoms with Gasteiger partial charge in [0, 0.05) is 0 Å². The van der Waals surface area contributed by atoms with Crippen LogP contribution in [-0.4, -0.2) is 23.9 Å². The monoisotopic (exact) mass is 214 g/mol. The van der Waals surface area contributed by atoms with Crippen molar-refractivity contribution in [1.82, 2.24) is 0 Å². The summed E-state index contributed by atoms with van der Waals surface area (Å²) >= 11 is 0. The van der Waals surface area contributed by atoms with Gasteiger partial charge in [-0.25, -0.2) is 0 Å². The fourth-order valence-electron chi connectivity index (χ4n) is 2.36. The summed E-state index contributed by atoms with van der Waals surface area (Å²) in [5.74, 6) is 0.769. The molecule has 3 atom stereocenters. The van der Waals surface area contributed by atoms with E-state index in [1.807, 2.05) is 0 Å². The summed E-state index contributed by atoms with van der Waals surface area (Å²) in [6.45, 7) is 9.21. The molecule has 0 heterocycles. The van der Waals surface area contributed by atoms with Gasteiger partial charge in [0.25, 0.3) is 0 Å². The molecule has 1 fully saturated rings. The van der Waals surface area contributed by atoms with Gasteiger partial charge in [-0.15, -0.1) is 0 Å². The molecule has 1 aliphatic rings. The molecule has 15 heavy (non-hydrogen) atoms. The molecule has 1 unspecified atom stereocenters. The quantitative estimate of drug-likeness (QED) is 0.782. The van der Waals surface area contributed by atoms with Crippen LogP contribution in [0.3, 0.4) is 0 Å². The normalized spacial score (nSPS) is 30.2. The van der Waals surface area contributed by atoms with Gasteiger partial charge < -0.3 is 9.84 Å².